The van der Waals surface area contributed by atoms with Gasteiger partial charge in [-0.15, -0.1) is 0 Å². The van der Waals surface area contributed by atoms with Crippen molar-refractivity contribution in [2.24, 2.45) is 0 Å². The van der Waals surface area contributed by atoms with Crippen molar-refractivity contribution in [3.05, 3.63) is 28.5 Å². The van der Waals surface area contributed by atoms with Crippen molar-refractivity contribution in [3.63, 3.8) is 0 Å². The highest BCUT2D eigenvalue weighted by molar-refractivity contribution is 9.10. The summed E-state index contributed by atoms with van der Waals surface area (Å²) in [5.41, 5.74) is 0. The number of amides is 2. The van der Waals surface area contributed by atoms with Crippen molar-refractivity contribution in [2.45, 2.75) is 19.9 Å². The molecule has 0 heterocycles. The van der Waals surface area contributed by atoms with Gasteiger partial charge >= 0.3 is 0 Å². The van der Waals surface area contributed by atoms with Gasteiger partial charge in [-0.25, -0.2) is 4.39 Å². The van der Waals surface area contributed by atoms with E-state index in [-0.39, 0.29) is 12.5 Å². The predicted octanol–water partition coefficient (Wildman–Crippen LogP) is 1.61. The number of carbonyl (C=O) groups is 2. The number of nitrogens with one attached hydrogen (secondary N) is 2. The van der Waals surface area contributed by atoms with Crippen LogP contribution < -0.4 is 15.4 Å². The Balaban J connectivity index is 2.45. The second-order valence-electron chi connectivity index (χ2n) is 4.05. The van der Waals surface area contributed by atoms with E-state index in [9.17, 15) is 14.0 Å². The predicted molar refractivity (Wildman–Crippen MR) is 75.9 cm³/mol. The van der Waals surface area contributed by atoms with Crippen LogP contribution in [0, 0.1) is 5.82 Å². The van der Waals surface area contributed by atoms with Crippen LogP contribution in [0.3, 0.4) is 0 Å². The molecule has 1 rings (SSSR count). The van der Waals surface area contributed by atoms with Gasteiger partial charge in [0.1, 0.15) is 17.6 Å². The Hall–Kier alpha value is -1.63. The van der Waals surface area contributed by atoms with Crippen molar-refractivity contribution in [2.75, 3.05) is 13.2 Å². The largest absolute Gasteiger partial charge is 0.483 e. The molecule has 5 nitrogen and oxygen atoms in total. The maximum absolute atomic E-state index is 12.9. The maximum atomic E-state index is 12.9. The third-order valence-electron chi connectivity index (χ3n) is 2.37. The molecule has 1 aromatic carbocycles. The minimum Gasteiger partial charge on any atom is -0.483 e. The molecule has 1 aromatic rings. The summed E-state index contributed by atoms with van der Waals surface area (Å²) < 4.78 is 18.5. The fourth-order valence-electron chi connectivity index (χ4n) is 1.41. The van der Waals surface area contributed by atoms with E-state index in [1.165, 1.54) is 18.2 Å². The number of hydrogen-bond donors (Lipinski definition) is 2. The van der Waals surface area contributed by atoms with Gasteiger partial charge < -0.3 is 15.4 Å². The van der Waals surface area contributed by atoms with Gasteiger partial charge in [-0.1, -0.05) is 0 Å². The molecule has 0 saturated heterocycles. The standard InChI is InChI=1S/C13H16BrFN2O3/c1-3-16-13(19)8(2)17-12(18)7-20-11-5-4-9(15)6-10(11)14/h4-6,8H,3,7H2,1-2H3,(H,16,19)(H,17,18)/t8-/m1/s1. The van der Waals surface area contributed by atoms with E-state index in [1.807, 2.05) is 0 Å². The lowest BCUT2D eigenvalue weighted by molar-refractivity contribution is -0.129. The zero-order chi connectivity index (χ0) is 15.1. The molecular weight excluding hydrogens is 331 g/mol. The summed E-state index contributed by atoms with van der Waals surface area (Å²) >= 11 is 3.13. The second kappa shape index (κ2) is 7.84. The molecule has 0 radical (unpaired) electrons. The van der Waals surface area contributed by atoms with E-state index >= 15 is 0 Å². The first-order chi connectivity index (χ1) is 9.43. The number of ether oxygens (including phenoxy) is 1. The lowest BCUT2D eigenvalue weighted by Gasteiger charge is -2.14. The molecular formula is C13H16BrFN2O3. The van der Waals surface area contributed by atoms with Gasteiger partial charge in [0.15, 0.2) is 6.61 Å². The number of likely N-dealkylation sites (N-methyl/N-ethyl adjacent to an activating group) is 1. The van der Waals surface area contributed by atoms with Crippen LogP contribution in [0.15, 0.2) is 22.7 Å². The number of carbonyl (C=O) groups excluding carboxylic acids is 2. The summed E-state index contributed by atoms with van der Waals surface area (Å²) in [7, 11) is 0. The van der Waals surface area contributed by atoms with Crippen molar-refractivity contribution < 1.29 is 18.7 Å². The lowest BCUT2D eigenvalue weighted by atomic mass is 10.3. The highest BCUT2D eigenvalue weighted by Gasteiger charge is 2.15. The van der Waals surface area contributed by atoms with Crippen LogP contribution >= 0.6 is 15.9 Å². The molecule has 0 spiro atoms. The fourth-order valence-corrected chi connectivity index (χ4v) is 1.88. The van der Waals surface area contributed by atoms with Crippen LogP contribution in [0.5, 0.6) is 5.75 Å². The Morgan fingerprint density at radius 1 is 1.45 bits per heavy atom. The molecule has 110 valence electrons. The summed E-state index contributed by atoms with van der Waals surface area (Å²) in [4.78, 5) is 23.0. The Morgan fingerprint density at radius 3 is 2.75 bits per heavy atom. The van der Waals surface area contributed by atoms with E-state index in [1.54, 1.807) is 13.8 Å². The first kappa shape index (κ1) is 16.4. The minimum atomic E-state index is -0.636. The van der Waals surface area contributed by atoms with Gasteiger partial charge in [0.25, 0.3) is 5.91 Å². The van der Waals surface area contributed by atoms with Gasteiger partial charge in [0.05, 0.1) is 4.47 Å². The zero-order valence-corrected chi connectivity index (χ0v) is 12.8. The summed E-state index contributed by atoms with van der Waals surface area (Å²) in [6.07, 6.45) is 0. The lowest BCUT2D eigenvalue weighted by Crippen LogP contribution is -2.46. The van der Waals surface area contributed by atoms with E-state index in [4.69, 9.17) is 4.74 Å². The topological polar surface area (TPSA) is 67.4 Å². The SMILES string of the molecule is CCNC(=O)[C@@H](C)NC(=O)COc1ccc(F)cc1Br. The molecule has 0 aliphatic heterocycles. The maximum Gasteiger partial charge on any atom is 0.258 e. The van der Waals surface area contributed by atoms with Crippen molar-refractivity contribution in [1.29, 1.82) is 0 Å². The first-order valence-electron chi connectivity index (χ1n) is 6.09. The van der Waals surface area contributed by atoms with E-state index in [2.05, 4.69) is 26.6 Å². The van der Waals surface area contributed by atoms with Crippen LogP contribution in [0.25, 0.3) is 0 Å². The van der Waals surface area contributed by atoms with Crippen molar-refractivity contribution >= 4 is 27.7 Å². The van der Waals surface area contributed by atoms with Gasteiger partial charge in [-0.2, -0.15) is 0 Å². The Morgan fingerprint density at radius 2 is 2.15 bits per heavy atom. The minimum absolute atomic E-state index is 0.256. The summed E-state index contributed by atoms with van der Waals surface area (Å²) in [6, 6.07) is 3.25. The van der Waals surface area contributed by atoms with Gasteiger partial charge in [-0.3, -0.25) is 9.59 Å². The molecule has 20 heavy (non-hydrogen) atoms. The van der Waals surface area contributed by atoms with Crippen molar-refractivity contribution in [1.82, 2.24) is 10.6 Å². The molecule has 0 bridgehead atoms. The average molecular weight is 347 g/mol. The monoisotopic (exact) mass is 346 g/mol. The van der Waals surface area contributed by atoms with Crippen LogP contribution in [0.1, 0.15) is 13.8 Å². The first-order valence-corrected chi connectivity index (χ1v) is 6.88. The third-order valence-corrected chi connectivity index (χ3v) is 2.99. The van der Waals surface area contributed by atoms with Crippen molar-refractivity contribution in [3.8, 4) is 5.75 Å². The van der Waals surface area contributed by atoms with Crippen LogP contribution in [-0.4, -0.2) is 31.0 Å². The average Bonchev–Trinajstić information content (AvgIpc) is 2.37. The molecule has 0 aliphatic carbocycles. The quantitative estimate of drug-likeness (QED) is 0.822. The summed E-state index contributed by atoms with van der Waals surface area (Å²) in [5, 5.41) is 5.10. The molecule has 0 aromatic heterocycles. The third kappa shape index (κ3) is 5.16. The van der Waals surface area contributed by atoms with Crippen LogP contribution in [-0.2, 0) is 9.59 Å². The van der Waals surface area contributed by atoms with Gasteiger partial charge in [0.2, 0.25) is 5.91 Å². The molecule has 0 unspecified atom stereocenters. The zero-order valence-electron chi connectivity index (χ0n) is 11.2. The Bertz CT molecular complexity index is 497. The van der Waals surface area contributed by atoms with Crippen LogP contribution in [0.2, 0.25) is 0 Å². The summed E-state index contributed by atoms with van der Waals surface area (Å²) in [5.74, 6) is -0.741. The molecule has 0 saturated carbocycles. The smallest absolute Gasteiger partial charge is 0.258 e. The van der Waals surface area contributed by atoms with Crippen LogP contribution in [0.4, 0.5) is 4.39 Å². The normalized spacial score (nSPS) is 11.6. The van der Waals surface area contributed by atoms with Gasteiger partial charge in [-0.05, 0) is 48.0 Å². The Labute approximate surface area is 125 Å². The van der Waals surface area contributed by atoms with Gasteiger partial charge in [0, 0.05) is 6.54 Å². The molecule has 2 amide bonds. The van der Waals surface area contributed by atoms with E-state index in [0.717, 1.165) is 0 Å². The number of halogens is 2. The second-order valence-corrected chi connectivity index (χ2v) is 4.90. The number of hydrogen-bond acceptors (Lipinski definition) is 3. The summed E-state index contributed by atoms with van der Waals surface area (Å²) in [6.45, 7) is 3.62. The molecule has 2 N–H and O–H groups in total. The number of rotatable bonds is 6. The highest BCUT2D eigenvalue weighted by Crippen LogP contribution is 2.25. The molecule has 1 atom stereocenters. The van der Waals surface area contributed by atoms with E-state index in [0.29, 0.717) is 16.8 Å². The van der Waals surface area contributed by atoms with E-state index < -0.39 is 17.8 Å². The molecule has 7 heteroatoms. The Kier molecular flexibility index (Phi) is 6.44. The fraction of sp³-hybridized carbons (Fsp3) is 0.385. The number of benzene rings is 1. The molecule has 0 aliphatic rings. The highest BCUT2D eigenvalue weighted by atomic mass is 79.9. The molecule has 0 fully saturated rings.